The Hall–Kier alpha value is -1.06. The molecule has 0 saturated carbocycles. The van der Waals surface area contributed by atoms with E-state index in [-0.39, 0.29) is 0 Å². The Morgan fingerprint density at radius 2 is 2.00 bits per heavy atom. The van der Waals surface area contributed by atoms with Crippen LogP contribution in [0.1, 0.15) is 0 Å². The summed E-state index contributed by atoms with van der Waals surface area (Å²) in [5.41, 5.74) is 0. The topological polar surface area (TPSA) is 22.0 Å². The lowest BCUT2D eigenvalue weighted by Gasteiger charge is -2.01. The van der Waals surface area contributed by atoms with Crippen molar-refractivity contribution >= 4 is 22.4 Å². The summed E-state index contributed by atoms with van der Waals surface area (Å²) in [6.45, 7) is 0. The quantitative estimate of drug-likeness (QED) is 0.790. The van der Waals surface area contributed by atoms with Gasteiger partial charge in [0.05, 0.1) is 25.6 Å². The lowest BCUT2D eigenvalue weighted by atomic mass is 10.4. The van der Waals surface area contributed by atoms with Gasteiger partial charge in [-0.15, -0.1) is 0 Å². The number of aromatic nitrogens is 1. The van der Waals surface area contributed by atoms with Crippen LogP contribution < -0.4 is 0 Å². The molecule has 1 atom stereocenters. The predicted molar refractivity (Wildman–Crippen MR) is 61.5 cm³/mol. The largest absolute Gasteiger partial charge is 0.356 e. The number of hydrogen-bond donors (Lipinski definition) is 0. The minimum Gasteiger partial charge on any atom is -0.356 e. The zero-order valence-corrected chi connectivity index (χ0v) is 9.76. The molecule has 1 heterocycles. The molecule has 0 aliphatic heterocycles. The van der Waals surface area contributed by atoms with Crippen molar-refractivity contribution in [3.8, 4) is 0 Å². The van der Waals surface area contributed by atoms with Crippen LogP contribution in [0.2, 0.25) is 5.02 Å². The van der Waals surface area contributed by atoms with Crippen LogP contribution in [0.5, 0.6) is 0 Å². The smallest absolute Gasteiger partial charge is 0.0880 e. The van der Waals surface area contributed by atoms with Crippen molar-refractivity contribution in [1.82, 2.24) is 4.57 Å². The Bertz CT molecular complexity index is 507. The standard InChI is InChI=1S/C11H10ClNOS/c1-13-7-6-9(8-13)15(14)11-5-3-2-4-10(11)12/h2-8H,1H3. The molecule has 1 aromatic heterocycles. The van der Waals surface area contributed by atoms with Crippen molar-refractivity contribution in [2.75, 3.05) is 0 Å². The highest BCUT2D eigenvalue weighted by Gasteiger charge is 2.10. The molecule has 0 fully saturated rings. The van der Waals surface area contributed by atoms with Crippen LogP contribution in [0.25, 0.3) is 0 Å². The van der Waals surface area contributed by atoms with Gasteiger partial charge in [0, 0.05) is 19.4 Å². The summed E-state index contributed by atoms with van der Waals surface area (Å²) in [5, 5.41) is 0.541. The highest BCUT2D eigenvalue weighted by atomic mass is 35.5. The zero-order valence-electron chi connectivity index (χ0n) is 8.18. The molecule has 0 amide bonds. The number of rotatable bonds is 2. The second kappa shape index (κ2) is 4.21. The molecule has 2 aromatic rings. The molecule has 1 aromatic carbocycles. The highest BCUT2D eigenvalue weighted by Crippen LogP contribution is 2.23. The summed E-state index contributed by atoms with van der Waals surface area (Å²) in [6, 6.07) is 9.03. The lowest BCUT2D eigenvalue weighted by molar-refractivity contribution is 0.683. The van der Waals surface area contributed by atoms with Gasteiger partial charge < -0.3 is 4.57 Å². The maximum Gasteiger partial charge on any atom is 0.0880 e. The molecule has 0 aliphatic carbocycles. The van der Waals surface area contributed by atoms with Crippen molar-refractivity contribution in [2.24, 2.45) is 7.05 Å². The van der Waals surface area contributed by atoms with E-state index >= 15 is 0 Å². The fourth-order valence-electron chi connectivity index (χ4n) is 1.31. The first-order valence-electron chi connectivity index (χ1n) is 4.47. The van der Waals surface area contributed by atoms with Crippen molar-refractivity contribution in [3.05, 3.63) is 47.7 Å². The van der Waals surface area contributed by atoms with Crippen LogP contribution in [0, 0.1) is 0 Å². The van der Waals surface area contributed by atoms with E-state index in [1.54, 1.807) is 12.1 Å². The SMILES string of the molecule is Cn1ccc(S(=O)c2ccccc2Cl)c1. The first-order valence-corrected chi connectivity index (χ1v) is 5.99. The van der Waals surface area contributed by atoms with Crippen LogP contribution in [0.4, 0.5) is 0 Å². The van der Waals surface area contributed by atoms with E-state index in [0.717, 1.165) is 4.90 Å². The Morgan fingerprint density at radius 1 is 1.27 bits per heavy atom. The molecule has 78 valence electrons. The highest BCUT2D eigenvalue weighted by molar-refractivity contribution is 7.85. The predicted octanol–water partition coefficient (Wildman–Crippen LogP) is 2.85. The molecular formula is C11H10ClNOS. The van der Waals surface area contributed by atoms with E-state index in [0.29, 0.717) is 9.92 Å². The van der Waals surface area contributed by atoms with Gasteiger partial charge in [-0.2, -0.15) is 0 Å². The molecule has 4 heteroatoms. The van der Waals surface area contributed by atoms with Gasteiger partial charge in [0.15, 0.2) is 0 Å². The van der Waals surface area contributed by atoms with Gasteiger partial charge in [-0.25, -0.2) is 4.21 Å². The van der Waals surface area contributed by atoms with E-state index in [9.17, 15) is 4.21 Å². The third-order valence-corrected chi connectivity index (χ3v) is 3.92. The molecule has 0 spiro atoms. The molecular weight excluding hydrogens is 230 g/mol. The van der Waals surface area contributed by atoms with Gasteiger partial charge in [-0.3, -0.25) is 0 Å². The molecule has 15 heavy (non-hydrogen) atoms. The van der Waals surface area contributed by atoms with Crippen LogP contribution in [-0.4, -0.2) is 8.78 Å². The Balaban J connectivity index is 2.41. The second-order valence-corrected chi connectivity index (χ2v) is 5.07. The summed E-state index contributed by atoms with van der Waals surface area (Å²) >= 11 is 5.98. The first kappa shape index (κ1) is 10.5. The van der Waals surface area contributed by atoms with Crippen LogP contribution in [0.3, 0.4) is 0 Å². The number of hydrogen-bond acceptors (Lipinski definition) is 1. The minimum atomic E-state index is -1.19. The molecule has 0 aliphatic rings. The van der Waals surface area contributed by atoms with E-state index < -0.39 is 10.8 Å². The van der Waals surface area contributed by atoms with E-state index in [1.807, 2.05) is 42.2 Å². The number of aryl methyl sites for hydroxylation is 1. The summed E-state index contributed by atoms with van der Waals surface area (Å²) in [6.07, 6.45) is 3.70. The van der Waals surface area contributed by atoms with E-state index in [4.69, 9.17) is 11.6 Å². The summed E-state index contributed by atoms with van der Waals surface area (Å²) in [5.74, 6) is 0. The molecule has 1 unspecified atom stereocenters. The Kier molecular flexibility index (Phi) is 2.93. The fraction of sp³-hybridized carbons (Fsp3) is 0.0909. The number of nitrogens with zero attached hydrogens (tertiary/aromatic N) is 1. The van der Waals surface area contributed by atoms with Crippen LogP contribution in [-0.2, 0) is 17.8 Å². The minimum absolute atomic E-state index is 0.541. The molecule has 0 saturated heterocycles. The van der Waals surface area contributed by atoms with E-state index in [1.165, 1.54) is 0 Å². The average Bonchev–Trinajstić information content (AvgIpc) is 2.65. The molecule has 0 radical (unpaired) electrons. The zero-order chi connectivity index (χ0) is 10.8. The van der Waals surface area contributed by atoms with Gasteiger partial charge in [0.25, 0.3) is 0 Å². The van der Waals surface area contributed by atoms with E-state index in [2.05, 4.69) is 0 Å². The van der Waals surface area contributed by atoms with Crippen molar-refractivity contribution in [2.45, 2.75) is 9.79 Å². The summed E-state index contributed by atoms with van der Waals surface area (Å²) < 4.78 is 14.0. The van der Waals surface area contributed by atoms with Crippen LogP contribution in [0.15, 0.2) is 52.5 Å². The van der Waals surface area contributed by atoms with Gasteiger partial charge in [0.1, 0.15) is 0 Å². The van der Waals surface area contributed by atoms with Crippen molar-refractivity contribution < 1.29 is 4.21 Å². The van der Waals surface area contributed by atoms with Crippen molar-refractivity contribution in [3.63, 3.8) is 0 Å². The number of benzene rings is 1. The maximum atomic E-state index is 12.1. The second-order valence-electron chi connectivity index (χ2n) is 3.21. The monoisotopic (exact) mass is 239 g/mol. The normalized spacial score (nSPS) is 12.7. The lowest BCUT2D eigenvalue weighted by Crippen LogP contribution is -1.92. The van der Waals surface area contributed by atoms with Gasteiger partial charge >= 0.3 is 0 Å². The summed E-state index contributed by atoms with van der Waals surface area (Å²) in [4.78, 5) is 1.43. The Labute approximate surface area is 96.0 Å². The maximum absolute atomic E-state index is 12.1. The Morgan fingerprint density at radius 3 is 2.60 bits per heavy atom. The molecule has 2 nitrogen and oxygen atoms in total. The fourth-order valence-corrected chi connectivity index (χ4v) is 2.80. The van der Waals surface area contributed by atoms with Gasteiger partial charge in [-0.05, 0) is 18.2 Å². The van der Waals surface area contributed by atoms with Crippen molar-refractivity contribution in [1.29, 1.82) is 0 Å². The molecule has 0 bridgehead atoms. The average molecular weight is 240 g/mol. The molecule has 0 N–H and O–H groups in total. The third kappa shape index (κ3) is 2.13. The van der Waals surface area contributed by atoms with Crippen LogP contribution >= 0.6 is 11.6 Å². The number of halogens is 1. The van der Waals surface area contributed by atoms with Gasteiger partial charge in [-0.1, -0.05) is 23.7 Å². The molecule has 2 rings (SSSR count). The van der Waals surface area contributed by atoms with Gasteiger partial charge in [0.2, 0.25) is 0 Å². The first-order chi connectivity index (χ1) is 7.18. The summed E-state index contributed by atoms with van der Waals surface area (Å²) in [7, 11) is 0.706. The third-order valence-electron chi connectivity index (χ3n) is 2.06.